The summed E-state index contributed by atoms with van der Waals surface area (Å²) in [6.07, 6.45) is 1.75. The fraction of sp³-hybridized carbons (Fsp3) is 0.500. The maximum atomic E-state index is 6.11. The Balaban J connectivity index is 3.10. The van der Waals surface area contributed by atoms with Crippen LogP contribution in [0.15, 0.2) is 12.1 Å². The van der Waals surface area contributed by atoms with E-state index in [2.05, 4.69) is 0 Å². The summed E-state index contributed by atoms with van der Waals surface area (Å²) in [4.78, 5) is 0. The molecule has 1 rings (SSSR count). The molecule has 1 aromatic carbocycles. The van der Waals surface area contributed by atoms with Crippen molar-refractivity contribution in [3.63, 3.8) is 0 Å². The number of halogens is 2. The minimum Gasteiger partial charge on any atom is -0.492 e. The van der Waals surface area contributed by atoms with E-state index in [4.69, 9.17) is 33.7 Å². The van der Waals surface area contributed by atoms with E-state index in [1.807, 2.05) is 19.9 Å². The first-order chi connectivity index (χ1) is 7.60. The summed E-state index contributed by atoms with van der Waals surface area (Å²) < 4.78 is 5.62. The first-order valence-corrected chi connectivity index (χ1v) is 6.23. The van der Waals surface area contributed by atoms with Crippen LogP contribution in [0.5, 0.6) is 5.75 Å². The summed E-state index contributed by atoms with van der Waals surface area (Å²) >= 11 is 12.1. The third-order valence-corrected chi connectivity index (χ3v) is 2.83. The van der Waals surface area contributed by atoms with Crippen LogP contribution in [0.25, 0.3) is 0 Å². The second-order valence-corrected chi connectivity index (χ2v) is 4.51. The van der Waals surface area contributed by atoms with Gasteiger partial charge in [0.25, 0.3) is 0 Å². The smallest absolute Gasteiger partial charge is 0.142 e. The van der Waals surface area contributed by atoms with Gasteiger partial charge in [-0.2, -0.15) is 0 Å². The summed E-state index contributed by atoms with van der Waals surface area (Å²) in [6.45, 7) is 4.69. The minimum atomic E-state index is -0.0944. The third kappa shape index (κ3) is 3.27. The molecule has 90 valence electrons. The average molecular weight is 262 g/mol. The Morgan fingerprint density at radius 2 is 2.00 bits per heavy atom. The van der Waals surface area contributed by atoms with E-state index in [-0.39, 0.29) is 6.04 Å². The van der Waals surface area contributed by atoms with E-state index in [1.165, 1.54) is 0 Å². The molecule has 0 fully saturated rings. The fourth-order valence-corrected chi connectivity index (χ4v) is 2.00. The Bertz CT molecular complexity index is 355. The maximum Gasteiger partial charge on any atom is 0.142 e. The predicted octanol–water partition coefficient (Wildman–Crippen LogP) is 4.19. The molecule has 0 spiro atoms. The van der Waals surface area contributed by atoms with E-state index in [0.717, 1.165) is 18.4 Å². The van der Waals surface area contributed by atoms with Crippen LogP contribution in [0.4, 0.5) is 0 Å². The topological polar surface area (TPSA) is 35.2 Å². The first-order valence-electron chi connectivity index (χ1n) is 5.47. The number of hydrogen-bond acceptors (Lipinski definition) is 2. The Hall–Kier alpha value is -0.440. The molecule has 0 aliphatic rings. The van der Waals surface area contributed by atoms with Gasteiger partial charge >= 0.3 is 0 Å². The first kappa shape index (κ1) is 13.6. The van der Waals surface area contributed by atoms with Gasteiger partial charge in [-0.25, -0.2) is 0 Å². The molecule has 1 atom stereocenters. The Morgan fingerprint density at radius 1 is 1.31 bits per heavy atom. The van der Waals surface area contributed by atoms with Crippen molar-refractivity contribution >= 4 is 23.2 Å². The van der Waals surface area contributed by atoms with Crippen molar-refractivity contribution in [3.8, 4) is 5.75 Å². The van der Waals surface area contributed by atoms with E-state index >= 15 is 0 Å². The van der Waals surface area contributed by atoms with Crippen LogP contribution in [0.1, 0.15) is 38.3 Å². The van der Waals surface area contributed by atoms with E-state index in [9.17, 15) is 0 Å². The molecule has 0 aromatic heterocycles. The van der Waals surface area contributed by atoms with Crippen LogP contribution in [0.3, 0.4) is 0 Å². The number of ether oxygens (including phenoxy) is 1. The van der Waals surface area contributed by atoms with Gasteiger partial charge in [-0.3, -0.25) is 0 Å². The molecule has 1 aromatic rings. The van der Waals surface area contributed by atoms with E-state index in [1.54, 1.807) is 6.07 Å². The molecular formula is C12H17Cl2NO. The van der Waals surface area contributed by atoms with Crippen LogP contribution in [-0.2, 0) is 0 Å². The third-order valence-electron chi connectivity index (χ3n) is 2.33. The van der Waals surface area contributed by atoms with Crippen molar-refractivity contribution in [3.05, 3.63) is 27.7 Å². The molecule has 0 heterocycles. The van der Waals surface area contributed by atoms with Crippen LogP contribution in [0, 0.1) is 0 Å². The SMILES string of the molecule is CCCOc1c(Cl)cc(Cl)cc1C(N)CC. The molecule has 0 aliphatic carbocycles. The van der Waals surface area contributed by atoms with Crippen molar-refractivity contribution in [1.82, 2.24) is 0 Å². The molecule has 0 aliphatic heterocycles. The molecule has 0 saturated heterocycles. The monoisotopic (exact) mass is 261 g/mol. The lowest BCUT2D eigenvalue weighted by Crippen LogP contribution is -2.11. The highest BCUT2D eigenvalue weighted by Gasteiger charge is 2.15. The summed E-state index contributed by atoms with van der Waals surface area (Å²) in [7, 11) is 0. The van der Waals surface area contributed by atoms with E-state index in [0.29, 0.717) is 22.4 Å². The molecule has 2 nitrogen and oxygen atoms in total. The minimum absolute atomic E-state index is 0.0944. The van der Waals surface area contributed by atoms with Gasteiger partial charge in [0.05, 0.1) is 11.6 Å². The Labute approximate surface area is 107 Å². The predicted molar refractivity (Wildman–Crippen MR) is 69.5 cm³/mol. The lowest BCUT2D eigenvalue weighted by atomic mass is 10.0. The van der Waals surface area contributed by atoms with Gasteiger partial charge in [0.1, 0.15) is 5.75 Å². The van der Waals surface area contributed by atoms with E-state index < -0.39 is 0 Å². The van der Waals surface area contributed by atoms with Gasteiger partial charge in [-0.15, -0.1) is 0 Å². The number of nitrogens with two attached hydrogens (primary N) is 1. The Kier molecular flexibility index (Phi) is 5.39. The molecule has 16 heavy (non-hydrogen) atoms. The summed E-state index contributed by atoms with van der Waals surface area (Å²) in [5.74, 6) is 0.669. The molecule has 2 N–H and O–H groups in total. The largest absolute Gasteiger partial charge is 0.492 e. The lowest BCUT2D eigenvalue weighted by molar-refractivity contribution is 0.312. The number of benzene rings is 1. The summed E-state index contributed by atoms with van der Waals surface area (Å²) in [5, 5.41) is 1.12. The zero-order valence-corrected chi connectivity index (χ0v) is 11.1. The highest BCUT2D eigenvalue weighted by molar-refractivity contribution is 6.35. The van der Waals surface area contributed by atoms with Gasteiger partial charge in [0, 0.05) is 16.6 Å². The highest BCUT2D eigenvalue weighted by Crippen LogP contribution is 2.36. The van der Waals surface area contributed by atoms with Crippen LogP contribution in [-0.4, -0.2) is 6.61 Å². The number of hydrogen-bond donors (Lipinski definition) is 1. The van der Waals surface area contributed by atoms with Gasteiger partial charge in [0.15, 0.2) is 0 Å². The van der Waals surface area contributed by atoms with Crippen molar-refractivity contribution in [2.24, 2.45) is 5.73 Å². The van der Waals surface area contributed by atoms with Crippen molar-refractivity contribution in [2.45, 2.75) is 32.7 Å². The van der Waals surface area contributed by atoms with Gasteiger partial charge in [0.2, 0.25) is 0 Å². The van der Waals surface area contributed by atoms with Crippen LogP contribution in [0.2, 0.25) is 10.0 Å². The molecule has 4 heteroatoms. The maximum absolute atomic E-state index is 6.11. The average Bonchev–Trinajstić information content (AvgIpc) is 2.26. The second-order valence-electron chi connectivity index (χ2n) is 3.67. The van der Waals surface area contributed by atoms with Crippen molar-refractivity contribution in [1.29, 1.82) is 0 Å². The summed E-state index contributed by atoms with van der Waals surface area (Å²) in [5.41, 5.74) is 6.89. The van der Waals surface area contributed by atoms with Gasteiger partial charge < -0.3 is 10.5 Å². The standard InChI is InChI=1S/C12H17Cl2NO/c1-3-5-16-12-9(11(15)4-2)6-8(13)7-10(12)14/h6-7,11H,3-5,15H2,1-2H3. The molecule has 0 saturated carbocycles. The summed E-state index contributed by atoms with van der Waals surface area (Å²) in [6, 6.07) is 3.41. The van der Waals surface area contributed by atoms with Crippen molar-refractivity contribution < 1.29 is 4.74 Å². The molecule has 0 radical (unpaired) electrons. The van der Waals surface area contributed by atoms with Crippen molar-refractivity contribution in [2.75, 3.05) is 6.61 Å². The van der Waals surface area contributed by atoms with Gasteiger partial charge in [-0.05, 0) is 25.0 Å². The second kappa shape index (κ2) is 6.33. The molecule has 0 amide bonds. The highest BCUT2D eigenvalue weighted by atomic mass is 35.5. The zero-order chi connectivity index (χ0) is 12.1. The quantitative estimate of drug-likeness (QED) is 0.863. The van der Waals surface area contributed by atoms with Crippen LogP contribution >= 0.6 is 23.2 Å². The molecular weight excluding hydrogens is 245 g/mol. The molecule has 1 unspecified atom stereocenters. The Morgan fingerprint density at radius 3 is 2.56 bits per heavy atom. The van der Waals surface area contributed by atoms with Crippen LogP contribution < -0.4 is 10.5 Å². The number of rotatable bonds is 5. The fourth-order valence-electron chi connectivity index (χ4n) is 1.43. The normalized spacial score (nSPS) is 12.6. The zero-order valence-electron chi connectivity index (χ0n) is 9.59. The molecule has 0 bridgehead atoms. The van der Waals surface area contributed by atoms with Gasteiger partial charge in [-0.1, -0.05) is 37.0 Å². The lowest BCUT2D eigenvalue weighted by Gasteiger charge is -2.17.